The Hall–Kier alpha value is -2.41. The molecule has 0 radical (unpaired) electrons. The van der Waals surface area contributed by atoms with Crippen LogP contribution in [0.15, 0.2) is 30.6 Å². The van der Waals surface area contributed by atoms with E-state index in [1.165, 1.54) is 10.9 Å². The fourth-order valence-corrected chi connectivity index (χ4v) is 2.19. The number of anilines is 2. The third-order valence-corrected chi connectivity index (χ3v) is 3.30. The molecule has 0 bridgehead atoms. The minimum atomic E-state index is -0.690. The first-order chi connectivity index (χ1) is 9.65. The summed E-state index contributed by atoms with van der Waals surface area (Å²) in [4.78, 5) is 23.9. The average Bonchev–Trinajstić information content (AvgIpc) is 2.88. The molecule has 20 heavy (non-hydrogen) atoms. The number of aromatic nitrogens is 3. The van der Waals surface area contributed by atoms with Crippen LogP contribution < -0.4 is 10.6 Å². The smallest absolute Gasteiger partial charge is 0.248 e. The summed E-state index contributed by atoms with van der Waals surface area (Å²) < 4.78 is 1.52. The molecule has 2 N–H and O–H groups in total. The molecule has 0 saturated carbocycles. The average molecular weight is 292 g/mol. The number of halogens is 1. The van der Waals surface area contributed by atoms with Crippen molar-refractivity contribution in [3.8, 4) is 0 Å². The first-order valence-electron chi connectivity index (χ1n) is 5.90. The zero-order valence-corrected chi connectivity index (χ0v) is 11.0. The van der Waals surface area contributed by atoms with Gasteiger partial charge in [-0.2, -0.15) is 0 Å². The third-order valence-electron chi connectivity index (χ3n) is 2.97. The van der Waals surface area contributed by atoms with Gasteiger partial charge in [-0.25, -0.2) is 0 Å². The van der Waals surface area contributed by atoms with Gasteiger partial charge < -0.3 is 5.32 Å². The SMILES string of the molecule is O=C1CC(C(=O)Nc2ccccc2Cl)n2cnnc2N1. The molecule has 1 aromatic carbocycles. The van der Waals surface area contributed by atoms with E-state index in [2.05, 4.69) is 20.8 Å². The zero-order chi connectivity index (χ0) is 14.1. The van der Waals surface area contributed by atoms with Crippen molar-refractivity contribution in [1.82, 2.24) is 14.8 Å². The Morgan fingerprint density at radius 1 is 1.45 bits per heavy atom. The van der Waals surface area contributed by atoms with Gasteiger partial charge in [-0.05, 0) is 12.1 Å². The maximum Gasteiger partial charge on any atom is 0.248 e. The Bertz CT molecular complexity index is 684. The van der Waals surface area contributed by atoms with Crippen molar-refractivity contribution >= 4 is 35.1 Å². The quantitative estimate of drug-likeness (QED) is 0.876. The van der Waals surface area contributed by atoms with Gasteiger partial charge in [0.2, 0.25) is 17.8 Å². The van der Waals surface area contributed by atoms with E-state index in [1.807, 2.05) is 0 Å². The van der Waals surface area contributed by atoms with Crippen LogP contribution in [0.1, 0.15) is 12.5 Å². The van der Waals surface area contributed by atoms with Gasteiger partial charge in [-0.3, -0.25) is 19.5 Å². The van der Waals surface area contributed by atoms with Gasteiger partial charge in [-0.1, -0.05) is 23.7 Å². The van der Waals surface area contributed by atoms with Crippen LogP contribution in [0.2, 0.25) is 5.02 Å². The Kier molecular flexibility index (Phi) is 3.11. The van der Waals surface area contributed by atoms with Gasteiger partial charge >= 0.3 is 0 Å². The number of carbonyl (C=O) groups excluding carboxylic acids is 2. The first-order valence-corrected chi connectivity index (χ1v) is 6.27. The van der Waals surface area contributed by atoms with Crippen molar-refractivity contribution in [1.29, 1.82) is 0 Å². The van der Waals surface area contributed by atoms with E-state index >= 15 is 0 Å². The number of nitrogens with zero attached hydrogens (tertiary/aromatic N) is 3. The van der Waals surface area contributed by atoms with Crippen LogP contribution in [0.4, 0.5) is 11.6 Å². The first kappa shape index (κ1) is 12.6. The molecule has 102 valence electrons. The Morgan fingerprint density at radius 2 is 2.25 bits per heavy atom. The molecular formula is C12H10ClN5O2. The molecule has 0 spiro atoms. The van der Waals surface area contributed by atoms with Crippen LogP contribution in [0.25, 0.3) is 0 Å². The topological polar surface area (TPSA) is 88.9 Å². The molecule has 2 heterocycles. The molecule has 8 heteroatoms. The van der Waals surface area contributed by atoms with Gasteiger partial charge in [0, 0.05) is 0 Å². The molecule has 3 rings (SSSR count). The lowest BCUT2D eigenvalue weighted by Gasteiger charge is -2.23. The van der Waals surface area contributed by atoms with E-state index in [-0.39, 0.29) is 24.2 Å². The molecule has 1 aliphatic heterocycles. The highest BCUT2D eigenvalue weighted by atomic mass is 35.5. The van der Waals surface area contributed by atoms with Crippen molar-refractivity contribution in [2.45, 2.75) is 12.5 Å². The summed E-state index contributed by atoms with van der Waals surface area (Å²) in [5.41, 5.74) is 0.500. The van der Waals surface area contributed by atoms with Crippen LogP contribution >= 0.6 is 11.6 Å². The lowest BCUT2D eigenvalue weighted by molar-refractivity contribution is -0.125. The summed E-state index contributed by atoms with van der Waals surface area (Å²) >= 11 is 5.99. The minimum absolute atomic E-state index is 0.0291. The second-order valence-corrected chi connectivity index (χ2v) is 4.71. The normalized spacial score (nSPS) is 17.2. The number of hydrogen-bond acceptors (Lipinski definition) is 4. The van der Waals surface area contributed by atoms with Crippen molar-refractivity contribution < 1.29 is 9.59 Å². The Labute approximate surface area is 118 Å². The summed E-state index contributed by atoms with van der Waals surface area (Å²) in [5, 5.41) is 13.1. The van der Waals surface area contributed by atoms with E-state index in [0.717, 1.165) is 0 Å². The zero-order valence-electron chi connectivity index (χ0n) is 10.2. The summed E-state index contributed by atoms with van der Waals surface area (Å²) in [6.45, 7) is 0. The van der Waals surface area contributed by atoms with Crippen LogP contribution in [0.3, 0.4) is 0 Å². The highest BCUT2D eigenvalue weighted by Crippen LogP contribution is 2.26. The predicted octanol–water partition coefficient (Wildman–Crippen LogP) is 1.45. The Balaban J connectivity index is 1.85. The van der Waals surface area contributed by atoms with Gasteiger partial charge in [0.25, 0.3) is 0 Å². The van der Waals surface area contributed by atoms with E-state index < -0.39 is 6.04 Å². The molecular weight excluding hydrogens is 282 g/mol. The number of rotatable bonds is 2. The number of nitrogens with one attached hydrogen (secondary N) is 2. The monoisotopic (exact) mass is 291 g/mol. The predicted molar refractivity (Wildman–Crippen MR) is 72.4 cm³/mol. The number of amides is 2. The molecule has 2 aromatic rings. The fourth-order valence-electron chi connectivity index (χ4n) is 2.01. The van der Waals surface area contributed by atoms with Crippen LogP contribution in [0, 0.1) is 0 Å². The van der Waals surface area contributed by atoms with E-state index in [4.69, 9.17) is 11.6 Å². The summed E-state index contributed by atoms with van der Waals surface area (Å²) in [6.07, 6.45) is 1.44. The van der Waals surface area contributed by atoms with Crippen molar-refractivity contribution in [2.24, 2.45) is 0 Å². The second kappa shape index (κ2) is 4.93. The molecule has 1 atom stereocenters. The largest absolute Gasteiger partial charge is 0.323 e. The van der Waals surface area contributed by atoms with Crippen LogP contribution in [0.5, 0.6) is 0 Å². The fraction of sp³-hybridized carbons (Fsp3) is 0.167. The summed E-state index contributed by atoms with van der Waals surface area (Å²) in [6, 6.07) is 6.21. The molecule has 1 unspecified atom stereocenters. The summed E-state index contributed by atoms with van der Waals surface area (Å²) in [5.74, 6) is -0.348. The maximum absolute atomic E-state index is 12.3. The molecule has 0 fully saturated rings. The van der Waals surface area contributed by atoms with Gasteiger partial charge in [-0.15, -0.1) is 10.2 Å². The highest BCUT2D eigenvalue weighted by molar-refractivity contribution is 6.33. The highest BCUT2D eigenvalue weighted by Gasteiger charge is 2.31. The minimum Gasteiger partial charge on any atom is -0.323 e. The second-order valence-electron chi connectivity index (χ2n) is 4.30. The number of para-hydroxylation sites is 1. The maximum atomic E-state index is 12.3. The van der Waals surface area contributed by atoms with Crippen LogP contribution in [-0.4, -0.2) is 26.6 Å². The molecule has 1 aliphatic rings. The van der Waals surface area contributed by atoms with Crippen molar-refractivity contribution in [3.05, 3.63) is 35.6 Å². The van der Waals surface area contributed by atoms with Gasteiger partial charge in [0.15, 0.2) is 0 Å². The van der Waals surface area contributed by atoms with E-state index in [0.29, 0.717) is 10.7 Å². The van der Waals surface area contributed by atoms with E-state index in [9.17, 15) is 9.59 Å². The summed E-state index contributed by atoms with van der Waals surface area (Å²) in [7, 11) is 0. The molecule has 1 aromatic heterocycles. The van der Waals surface area contributed by atoms with Gasteiger partial charge in [0.05, 0.1) is 17.1 Å². The lowest BCUT2D eigenvalue weighted by Crippen LogP contribution is -2.35. The Morgan fingerprint density at radius 3 is 3.05 bits per heavy atom. The van der Waals surface area contributed by atoms with E-state index in [1.54, 1.807) is 24.3 Å². The van der Waals surface area contributed by atoms with Crippen molar-refractivity contribution in [3.63, 3.8) is 0 Å². The molecule has 0 saturated heterocycles. The van der Waals surface area contributed by atoms with Crippen molar-refractivity contribution in [2.75, 3.05) is 10.6 Å². The molecule has 7 nitrogen and oxygen atoms in total. The third kappa shape index (κ3) is 2.23. The number of fused-ring (bicyclic) bond motifs is 1. The van der Waals surface area contributed by atoms with Crippen LogP contribution in [-0.2, 0) is 9.59 Å². The standard InChI is InChI=1S/C12H10ClN5O2/c13-7-3-1-2-4-8(7)15-11(20)9-5-10(19)16-12-17-14-6-18(9)12/h1-4,6,9H,5H2,(H,15,20)(H,16,17,19). The molecule has 2 amide bonds. The van der Waals surface area contributed by atoms with Gasteiger partial charge in [0.1, 0.15) is 12.4 Å². The number of hydrogen-bond donors (Lipinski definition) is 2. The lowest BCUT2D eigenvalue weighted by atomic mass is 10.1. The number of carbonyl (C=O) groups is 2. The molecule has 0 aliphatic carbocycles. The number of benzene rings is 1.